The summed E-state index contributed by atoms with van der Waals surface area (Å²) in [6, 6.07) is 65.1. The molecule has 3 aliphatic rings. The fraction of sp³-hybridized carbons (Fsp3) is 0.148. The van der Waals surface area contributed by atoms with Gasteiger partial charge in [-0.1, -0.05) is 227 Å². The Balaban J connectivity index is 0.00000220. The van der Waals surface area contributed by atoms with Crippen LogP contribution in [0.15, 0.2) is 200 Å². The van der Waals surface area contributed by atoms with Crippen LogP contribution in [-0.2, 0) is 5.41 Å². The zero-order chi connectivity index (χ0) is 41.5. The minimum Gasteiger partial charge on any atom is -0.0949 e. The molecule has 0 nitrogen and oxygen atoms in total. The Bertz CT molecular complexity index is 3000. The van der Waals surface area contributed by atoms with Gasteiger partial charge in [0, 0.05) is 11.3 Å². The van der Waals surface area contributed by atoms with Crippen molar-refractivity contribution in [2.75, 3.05) is 0 Å². The molecule has 0 radical (unpaired) electrons. The summed E-state index contributed by atoms with van der Waals surface area (Å²) >= 11 is 0. The summed E-state index contributed by atoms with van der Waals surface area (Å²) in [5.74, 6) is 0.538. The van der Waals surface area contributed by atoms with Crippen LogP contribution >= 0.6 is 0 Å². The predicted octanol–water partition coefficient (Wildman–Crippen LogP) is 16.8. The average molecular weight is 785 g/mol. The van der Waals surface area contributed by atoms with Gasteiger partial charge in [0.1, 0.15) is 0 Å². The number of rotatable bonds is 8. The van der Waals surface area contributed by atoms with E-state index in [1.165, 1.54) is 93.9 Å². The van der Waals surface area contributed by atoms with E-state index in [0.717, 1.165) is 24.8 Å². The van der Waals surface area contributed by atoms with Crippen molar-refractivity contribution in [1.29, 1.82) is 0 Å². The first-order valence-corrected chi connectivity index (χ1v) is 22.3. The molecule has 8 aromatic rings. The summed E-state index contributed by atoms with van der Waals surface area (Å²) in [7, 11) is 0. The molecule has 1 fully saturated rings. The van der Waals surface area contributed by atoms with Crippen LogP contribution in [0.3, 0.4) is 0 Å². The lowest BCUT2D eigenvalue weighted by atomic mass is 9.79. The molecule has 0 heterocycles. The monoisotopic (exact) mass is 784 g/mol. The predicted molar refractivity (Wildman–Crippen MR) is 264 cm³/mol. The van der Waals surface area contributed by atoms with Crippen molar-refractivity contribution in [2.45, 2.75) is 51.4 Å². The smallest absolute Gasteiger partial charge is 0.0240 e. The van der Waals surface area contributed by atoms with Crippen molar-refractivity contribution < 1.29 is 0 Å². The third-order valence-corrected chi connectivity index (χ3v) is 13.7. The van der Waals surface area contributed by atoms with Crippen LogP contribution in [0.25, 0.3) is 67.1 Å². The molecule has 296 valence electrons. The van der Waals surface area contributed by atoms with Gasteiger partial charge >= 0.3 is 0 Å². The van der Waals surface area contributed by atoms with Crippen molar-refractivity contribution in [1.82, 2.24) is 0 Å². The quantitative estimate of drug-likeness (QED) is 0.106. The van der Waals surface area contributed by atoms with E-state index < -0.39 is 0 Å². The van der Waals surface area contributed by atoms with Crippen molar-refractivity contribution in [3.8, 4) is 22.3 Å². The molecule has 3 unspecified atom stereocenters. The Morgan fingerprint density at radius 2 is 1.13 bits per heavy atom. The molecule has 3 aliphatic carbocycles. The lowest BCUT2D eigenvalue weighted by Gasteiger charge is -2.25. The standard InChI is InChI=1S/C59H46.C2H6/c1-3-59(42-32-30-40(31-33-42)37-56-49-25-11-8-19-43(49)44-20-9-12-26-50(44)56)38-57(59)52(34-29-39(2)41-17-5-4-6-18-41)51-35-36-55-47-23-10-7-21-45(47)46-22-13-15-27-53(46)58(55)54-28-16-14-24-48(51)54;1-2/h4-28,30-37,51,57H,2-3,29,38H2,1H3;1-2H3/b52-34-;. The molecule has 8 aromatic carbocycles. The first kappa shape index (κ1) is 38.4. The van der Waals surface area contributed by atoms with Crippen LogP contribution in [0.2, 0.25) is 0 Å². The first-order valence-electron chi connectivity index (χ1n) is 22.3. The van der Waals surface area contributed by atoms with Crippen LogP contribution in [0, 0.1) is 5.92 Å². The maximum absolute atomic E-state index is 4.61. The van der Waals surface area contributed by atoms with Crippen LogP contribution in [0.4, 0.5) is 0 Å². The number of hydrogen-bond donors (Lipinski definition) is 0. The number of hydrogen-bond acceptors (Lipinski definition) is 0. The van der Waals surface area contributed by atoms with E-state index in [-0.39, 0.29) is 11.3 Å². The number of benzene rings is 8. The van der Waals surface area contributed by atoms with Gasteiger partial charge in [-0.2, -0.15) is 0 Å². The second-order valence-corrected chi connectivity index (χ2v) is 16.7. The summed E-state index contributed by atoms with van der Waals surface area (Å²) < 4.78 is 0. The number of allylic oxidation sites excluding steroid dienone is 4. The SMILES string of the molecule is C=C(C/C=C(/C1C=Cc2c(c3ccccc3c3ccccc23)-c2ccccc21)C1CC1(CC)c1ccc(C=C2c3ccccc3-c3ccccc32)cc1)c1ccccc1.CC. The molecular weight excluding hydrogens is 733 g/mol. The van der Waals surface area contributed by atoms with E-state index in [0.29, 0.717) is 5.92 Å². The van der Waals surface area contributed by atoms with Crippen LogP contribution < -0.4 is 0 Å². The van der Waals surface area contributed by atoms with Gasteiger partial charge in [-0.3, -0.25) is 0 Å². The zero-order valence-corrected chi connectivity index (χ0v) is 35.5. The van der Waals surface area contributed by atoms with Gasteiger partial charge in [-0.15, -0.1) is 0 Å². The van der Waals surface area contributed by atoms with Gasteiger partial charge < -0.3 is 0 Å². The summed E-state index contributed by atoms with van der Waals surface area (Å²) in [6.07, 6.45) is 13.0. The minimum absolute atomic E-state index is 0.0689. The fourth-order valence-electron chi connectivity index (χ4n) is 10.7. The van der Waals surface area contributed by atoms with E-state index in [1.807, 2.05) is 13.8 Å². The van der Waals surface area contributed by atoms with Gasteiger partial charge in [-0.25, -0.2) is 0 Å². The van der Waals surface area contributed by atoms with E-state index >= 15 is 0 Å². The number of fused-ring (bicyclic) bond motifs is 11. The van der Waals surface area contributed by atoms with E-state index in [4.69, 9.17) is 0 Å². The van der Waals surface area contributed by atoms with Gasteiger partial charge in [0.15, 0.2) is 0 Å². The normalized spacial score (nSPS) is 18.3. The average Bonchev–Trinajstić information content (AvgIpc) is 4.03. The van der Waals surface area contributed by atoms with Crippen molar-refractivity contribution in [2.24, 2.45) is 5.92 Å². The highest BCUT2D eigenvalue weighted by atomic mass is 14.6. The van der Waals surface area contributed by atoms with Gasteiger partial charge in [0.25, 0.3) is 0 Å². The molecule has 0 bridgehead atoms. The second-order valence-electron chi connectivity index (χ2n) is 16.7. The molecule has 3 atom stereocenters. The highest BCUT2D eigenvalue weighted by Crippen LogP contribution is 2.63. The highest BCUT2D eigenvalue weighted by molar-refractivity contribution is 6.18. The minimum atomic E-state index is 0.0689. The molecule has 0 spiro atoms. The molecule has 1 saturated carbocycles. The third-order valence-electron chi connectivity index (χ3n) is 13.7. The van der Waals surface area contributed by atoms with Crippen molar-refractivity contribution in [3.05, 3.63) is 239 Å². The first-order chi connectivity index (χ1) is 30.1. The topological polar surface area (TPSA) is 0 Å². The molecule has 0 aromatic heterocycles. The summed E-state index contributed by atoms with van der Waals surface area (Å²) in [5, 5.41) is 5.25. The third kappa shape index (κ3) is 6.54. The largest absolute Gasteiger partial charge is 0.0949 e. The van der Waals surface area contributed by atoms with E-state index in [2.05, 4.69) is 214 Å². The summed E-state index contributed by atoms with van der Waals surface area (Å²) in [5.41, 5.74) is 18.6. The molecule has 0 saturated heterocycles. The van der Waals surface area contributed by atoms with Crippen molar-refractivity contribution in [3.63, 3.8) is 0 Å². The summed E-state index contributed by atoms with van der Waals surface area (Å²) in [6.45, 7) is 11.0. The Morgan fingerprint density at radius 1 is 0.590 bits per heavy atom. The maximum atomic E-state index is 4.61. The Morgan fingerprint density at radius 3 is 1.79 bits per heavy atom. The van der Waals surface area contributed by atoms with E-state index in [1.54, 1.807) is 0 Å². The molecule has 11 rings (SSSR count). The Kier molecular flexibility index (Phi) is 10.1. The molecule has 0 aliphatic heterocycles. The maximum Gasteiger partial charge on any atom is 0.0240 e. The van der Waals surface area contributed by atoms with Gasteiger partial charge in [0.05, 0.1) is 0 Å². The van der Waals surface area contributed by atoms with Crippen molar-refractivity contribution >= 4 is 44.8 Å². The Labute approximate surface area is 362 Å². The van der Waals surface area contributed by atoms with Crippen LogP contribution in [0.1, 0.15) is 84.9 Å². The highest BCUT2D eigenvalue weighted by Gasteiger charge is 2.56. The van der Waals surface area contributed by atoms with Crippen LogP contribution in [0.5, 0.6) is 0 Å². The van der Waals surface area contributed by atoms with E-state index in [9.17, 15) is 0 Å². The molecule has 0 N–H and O–H groups in total. The lowest BCUT2D eigenvalue weighted by molar-refractivity contribution is 0.605. The molecular formula is C61H52. The molecule has 0 heteroatoms. The van der Waals surface area contributed by atoms with Crippen LogP contribution in [-0.4, -0.2) is 0 Å². The fourth-order valence-corrected chi connectivity index (χ4v) is 10.7. The zero-order valence-electron chi connectivity index (χ0n) is 35.5. The molecule has 0 amide bonds. The Hall–Kier alpha value is -6.76. The molecule has 61 heavy (non-hydrogen) atoms. The lowest BCUT2D eigenvalue weighted by Crippen LogP contribution is -2.13. The summed E-state index contributed by atoms with van der Waals surface area (Å²) in [4.78, 5) is 0. The van der Waals surface area contributed by atoms with Gasteiger partial charge in [-0.05, 0) is 125 Å². The van der Waals surface area contributed by atoms with Gasteiger partial charge in [0.2, 0.25) is 0 Å². The second kappa shape index (κ2) is 16.0.